The van der Waals surface area contributed by atoms with Crippen molar-refractivity contribution in [1.29, 1.82) is 0 Å². The van der Waals surface area contributed by atoms with Crippen LogP contribution in [-0.4, -0.2) is 52.3 Å². The van der Waals surface area contributed by atoms with Gasteiger partial charge in [-0.15, -0.1) is 0 Å². The van der Waals surface area contributed by atoms with Gasteiger partial charge in [-0.2, -0.15) is 0 Å². The smallest absolute Gasteiger partial charge is 0.260 e. The van der Waals surface area contributed by atoms with Crippen LogP contribution in [0.25, 0.3) is 10.2 Å². The summed E-state index contributed by atoms with van der Waals surface area (Å²) in [6.45, 7) is 3.33. The Hall–Kier alpha value is -2.64. The van der Waals surface area contributed by atoms with Crippen LogP contribution in [0.2, 0.25) is 0 Å². The molecule has 2 aromatic carbocycles. The molecule has 0 radical (unpaired) electrons. The Morgan fingerprint density at radius 1 is 1.11 bits per heavy atom. The Morgan fingerprint density at radius 2 is 1.79 bits per heavy atom. The predicted octanol–water partition coefficient (Wildman–Crippen LogP) is 2.41. The van der Waals surface area contributed by atoms with Crippen molar-refractivity contribution in [2.75, 3.05) is 46.3 Å². The molecule has 1 amide bonds. The highest BCUT2D eigenvalue weighted by Crippen LogP contribution is 2.40. The number of aromatic nitrogens is 1. The number of amides is 1. The highest BCUT2D eigenvalue weighted by Gasteiger charge is 2.25. The van der Waals surface area contributed by atoms with Crippen LogP contribution in [0, 0.1) is 6.92 Å². The molecule has 1 aromatic heterocycles. The monoisotopic (exact) mass is 400 g/mol. The lowest BCUT2D eigenvalue weighted by Gasteiger charge is -2.21. The highest BCUT2D eigenvalue weighted by molar-refractivity contribution is 7.22. The number of ether oxygens (including phenoxy) is 2. The third kappa shape index (κ3) is 3.95. The molecular formula is C21H26N3O3S+. The van der Waals surface area contributed by atoms with Crippen molar-refractivity contribution in [1.82, 2.24) is 4.98 Å². The molecule has 1 N–H and O–H groups in total. The number of rotatable bonds is 7. The third-order valence-corrected chi connectivity index (χ3v) is 5.68. The largest absolute Gasteiger partial charge is 0.495 e. The minimum absolute atomic E-state index is 0.0451. The summed E-state index contributed by atoms with van der Waals surface area (Å²) in [4.78, 5) is 21.2. The first-order chi connectivity index (χ1) is 13.5. The Balaban J connectivity index is 2.10. The van der Waals surface area contributed by atoms with Gasteiger partial charge in [-0.25, -0.2) is 4.98 Å². The van der Waals surface area contributed by atoms with E-state index in [0.717, 1.165) is 22.6 Å². The molecule has 0 atom stereocenters. The van der Waals surface area contributed by atoms with E-state index in [1.54, 1.807) is 19.1 Å². The number of nitrogens with zero attached hydrogens (tertiary/aromatic N) is 2. The molecule has 0 aliphatic carbocycles. The molecule has 3 aromatic rings. The Labute approximate surface area is 169 Å². The van der Waals surface area contributed by atoms with Crippen LogP contribution in [0.4, 0.5) is 5.13 Å². The number of quaternary nitrogens is 1. The van der Waals surface area contributed by atoms with Gasteiger partial charge < -0.3 is 14.4 Å². The zero-order valence-corrected chi connectivity index (χ0v) is 17.7. The average Bonchev–Trinajstić information content (AvgIpc) is 3.12. The van der Waals surface area contributed by atoms with E-state index in [1.165, 1.54) is 16.2 Å². The van der Waals surface area contributed by atoms with Crippen molar-refractivity contribution in [2.24, 2.45) is 0 Å². The molecule has 0 saturated carbocycles. The molecule has 28 heavy (non-hydrogen) atoms. The Bertz CT molecular complexity index is 943. The topological polar surface area (TPSA) is 56.1 Å². The second-order valence-electron chi connectivity index (χ2n) is 6.87. The minimum Gasteiger partial charge on any atom is -0.495 e. The number of likely N-dealkylation sites (N-methyl/N-ethyl adjacent to an activating group) is 1. The van der Waals surface area contributed by atoms with Crippen molar-refractivity contribution >= 4 is 32.6 Å². The second kappa shape index (κ2) is 8.58. The molecule has 148 valence electrons. The lowest BCUT2D eigenvalue weighted by atomic mass is 10.1. The Morgan fingerprint density at radius 3 is 2.43 bits per heavy atom. The van der Waals surface area contributed by atoms with E-state index in [4.69, 9.17) is 14.5 Å². The van der Waals surface area contributed by atoms with E-state index in [2.05, 4.69) is 14.1 Å². The van der Waals surface area contributed by atoms with Crippen LogP contribution in [0.1, 0.15) is 15.9 Å². The first-order valence-corrected chi connectivity index (χ1v) is 9.96. The molecule has 0 aliphatic heterocycles. The summed E-state index contributed by atoms with van der Waals surface area (Å²) >= 11 is 1.45. The Kier molecular flexibility index (Phi) is 6.16. The maximum absolute atomic E-state index is 13.4. The summed E-state index contributed by atoms with van der Waals surface area (Å²) in [5.74, 6) is 1.34. The maximum Gasteiger partial charge on any atom is 0.260 e. The van der Waals surface area contributed by atoms with E-state index in [1.807, 2.05) is 43.3 Å². The molecule has 0 saturated heterocycles. The number of hydrogen-bond donors (Lipinski definition) is 1. The summed E-state index contributed by atoms with van der Waals surface area (Å²) in [5.41, 5.74) is 2.35. The molecule has 1 heterocycles. The number of hydrogen-bond acceptors (Lipinski definition) is 5. The SMILES string of the molecule is COc1ccc(OC)c2sc(N(CC[NH+](C)C)C(=O)c3ccccc3C)nc12. The number of anilines is 1. The molecule has 0 spiro atoms. The molecule has 6 nitrogen and oxygen atoms in total. The van der Waals surface area contributed by atoms with Gasteiger partial charge in [0.1, 0.15) is 21.7 Å². The third-order valence-electron chi connectivity index (χ3n) is 4.59. The predicted molar refractivity (Wildman–Crippen MR) is 113 cm³/mol. The summed E-state index contributed by atoms with van der Waals surface area (Å²) in [5, 5.41) is 0.646. The highest BCUT2D eigenvalue weighted by atomic mass is 32.1. The minimum atomic E-state index is -0.0451. The number of benzene rings is 2. The normalized spacial score (nSPS) is 11.1. The van der Waals surface area contributed by atoms with Gasteiger partial charge in [0.05, 0.1) is 41.4 Å². The summed E-state index contributed by atoms with van der Waals surface area (Å²) in [6, 6.07) is 11.3. The molecule has 0 fully saturated rings. The number of carbonyl (C=O) groups excluding carboxylic acids is 1. The van der Waals surface area contributed by atoms with E-state index in [9.17, 15) is 4.79 Å². The van der Waals surface area contributed by atoms with Gasteiger partial charge in [0, 0.05) is 5.56 Å². The van der Waals surface area contributed by atoms with Crippen LogP contribution in [0.15, 0.2) is 36.4 Å². The van der Waals surface area contributed by atoms with Crippen LogP contribution in [0.5, 0.6) is 11.5 Å². The van der Waals surface area contributed by atoms with Gasteiger partial charge >= 0.3 is 0 Å². The quantitative estimate of drug-likeness (QED) is 0.662. The number of nitrogens with one attached hydrogen (secondary N) is 1. The zero-order valence-electron chi connectivity index (χ0n) is 16.9. The number of carbonyl (C=O) groups is 1. The fourth-order valence-corrected chi connectivity index (χ4v) is 4.07. The van der Waals surface area contributed by atoms with Crippen molar-refractivity contribution < 1.29 is 19.2 Å². The fraction of sp³-hybridized carbons (Fsp3) is 0.333. The molecule has 0 aliphatic rings. The first kappa shape index (κ1) is 20.1. The van der Waals surface area contributed by atoms with Crippen LogP contribution in [0.3, 0.4) is 0 Å². The van der Waals surface area contributed by atoms with Gasteiger partial charge in [0.2, 0.25) is 0 Å². The molecule has 0 unspecified atom stereocenters. The molecule has 3 rings (SSSR count). The number of aryl methyl sites for hydroxylation is 1. The van der Waals surface area contributed by atoms with Crippen LogP contribution < -0.4 is 19.3 Å². The lowest BCUT2D eigenvalue weighted by molar-refractivity contribution is -0.856. The van der Waals surface area contributed by atoms with Crippen LogP contribution >= 0.6 is 11.3 Å². The molecule has 0 bridgehead atoms. The zero-order chi connectivity index (χ0) is 20.3. The van der Waals surface area contributed by atoms with Crippen molar-refractivity contribution in [2.45, 2.75) is 6.92 Å². The van der Waals surface area contributed by atoms with Gasteiger partial charge in [0.25, 0.3) is 5.91 Å². The van der Waals surface area contributed by atoms with Crippen LogP contribution in [-0.2, 0) is 0 Å². The van der Waals surface area contributed by atoms with Gasteiger partial charge in [-0.05, 0) is 30.7 Å². The lowest BCUT2D eigenvalue weighted by Crippen LogP contribution is -3.06. The summed E-state index contributed by atoms with van der Waals surface area (Å²) in [7, 11) is 7.39. The van der Waals surface area contributed by atoms with Crippen molar-refractivity contribution in [3.63, 3.8) is 0 Å². The van der Waals surface area contributed by atoms with Crippen molar-refractivity contribution in [3.8, 4) is 11.5 Å². The maximum atomic E-state index is 13.4. The van der Waals surface area contributed by atoms with Gasteiger partial charge in [0.15, 0.2) is 5.13 Å². The van der Waals surface area contributed by atoms with E-state index in [0.29, 0.717) is 28.5 Å². The molecule has 7 heteroatoms. The number of fused-ring (bicyclic) bond motifs is 1. The number of thiazole rings is 1. The van der Waals surface area contributed by atoms with E-state index >= 15 is 0 Å². The standard InChI is InChI=1S/C21H25N3O3S/c1-14-8-6-7-9-15(14)20(25)24(13-12-23(2)3)21-22-18-16(26-4)10-11-17(27-5)19(18)28-21/h6-11H,12-13H2,1-5H3/p+1. The first-order valence-electron chi connectivity index (χ1n) is 9.14. The van der Waals surface area contributed by atoms with E-state index in [-0.39, 0.29) is 5.91 Å². The van der Waals surface area contributed by atoms with Gasteiger partial charge in [-0.3, -0.25) is 9.69 Å². The van der Waals surface area contributed by atoms with Crippen molar-refractivity contribution in [3.05, 3.63) is 47.5 Å². The molecular weight excluding hydrogens is 374 g/mol. The summed E-state index contributed by atoms with van der Waals surface area (Å²) < 4.78 is 11.8. The summed E-state index contributed by atoms with van der Waals surface area (Å²) in [6.07, 6.45) is 0. The number of methoxy groups -OCH3 is 2. The van der Waals surface area contributed by atoms with Gasteiger partial charge in [-0.1, -0.05) is 29.5 Å². The fourth-order valence-electron chi connectivity index (χ4n) is 2.97. The average molecular weight is 401 g/mol. The second-order valence-corrected chi connectivity index (χ2v) is 7.85. The van der Waals surface area contributed by atoms with E-state index < -0.39 is 0 Å².